The summed E-state index contributed by atoms with van der Waals surface area (Å²) in [4.78, 5) is 23.8. The van der Waals surface area contributed by atoms with Crippen LogP contribution in [0.2, 0.25) is 5.02 Å². The van der Waals surface area contributed by atoms with Crippen LogP contribution in [0.1, 0.15) is 21.8 Å². The standard InChI is InChI=1S/C19H18ClN3O4/c1-12-16(10-22-23(12)2)19(25)26-11-18(24)21-9-15-7-8-17(27-15)13-3-5-14(20)6-4-13/h3-8,10H,9,11H2,1-2H3,(H,21,24). The minimum Gasteiger partial charge on any atom is -0.459 e. The average Bonchev–Trinajstić information content (AvgIpc) is 3.26. The first-order chi connectivity index (χ1) is 12.9. The van der Waals surface area contributed by atoms with E-state index in [0.717, 1.165) is 5.56 Å². The minimum absolute atomic E-state index is 0.190. The highest BCUT2D eigenvalue weighted by molar-refractivity contribution is 6.30. The first kappa shape index (κ1) is 18.7. The molecule has 0 aliphatic heterocycles. The molecule has 1 amide bonds. The normalized spacial score (nSPS) is 10.6. The van der Waals surface area contributed by atoms with E-state index < -0.39 is 11.9 Å². The van der Waals surface area contributed by atoms with Gasteiger partial charge in [0.05, 0.1) is 12.7 Å². The molecule has 2 aromatic heterocycles. The molecule has 0 atom stereocenters. The Bertz CT molecular complexity index is 960. The Morgan fingerprint density at radius 1 is 1.22 bits per heavy atom. The third-order valence-electron chi connectivity index (χ3n) is 4.04. The van der Waals surface area contributed by atoms with Crippen LogP contribution < -0.4 is 5.32 Å². The van der Waals surface area contributed by atoms with E-state index in [0.29, 0.717) is 27.8 Å². The molecule has 8 heteroatoms. The quantitative estimate of drug-likeness (QED) is 0.657. The van der Waals surface area contributed by atoms with Gasteiger partial charge in [0.25, 0.3) is 5.91 Å². The first-order valence-electron chi connectivity index (χ1n) is 8.21. The molecule has 7 nitrogen and oxygen atoms in total. The van der Waals surface area contributed by atoms with E-state index >= 15 is 0 Å². The summed E-state index contributed by atoms with van der Waals surface area (Å²) < 4.78 is 12.3. The van der Waals surface area contributed by atoms with E-state index in [9.17, 15) is 9.59 Å². The van der Waals surface area contributed by atoms with Gasteiger partial charge in [-0.2, -0.15) is 5.10 Å². The highest BCUT2D eigenvalue weighted by Gasteiger charge is 2.16. The summed E-state index contributed by atoms with van der Waals surface area (Å²) in [6.07, 6.45) is 1.41. The Hall–Kier alpha value is -3.06. The van der Waals surface area contributed by atoms with Crippen LogP contribution in [0.5, 0.6) is 0 Å². The van der Waals surface area contributed by atoms with Crippen LogP contribution >= 0.6 is 11.6 Å². The molecular formula is C19H18ClN3O4. The molecule has 27 heavy (non-hydrogen) atoms. The summed E-state index contributed by atoms with van der Waals surface area (Å²) in [6.45, 7) is 1.56. The van der Waals surface area contributed by atoms with Crippen LogP contribution in [0.3, 0.4) is 0 Å². The van der Waals surface area contributed by atoms with Crippen molar-refractivity contribution >= 4 is 23.5 Å². The maximum absolute atomic E-state index is 12.0. The molecule has 1 aromatic carbocycles. The van der Waals surface area contributed by atoms with Crippen LogP contribution in [0, 0.1) is 6.92 Å². The number of hydrogen-bond acceptors (Lipinski definition) is 5. The number of aromatic nitrogens is 2. The fraction of sp³-hybridized carbons (Fsp3) is 0.211. The lowest BCUT2D eigenvalue weighted by atomic mass is 10.2. The van der Waals surface area contributed by atoms with Crippen molar-refractivity contribution in [3.63, 3.8) is 0 Å². The lowest BCUT2D eigenvalue weighted by molar-refractivity contribution is -0.124. The predicted molar refractivity (Wildman–Crippen MR) is 99.2 cm³/mol. The maximum atomic E-state index is 12.0. The molecule has 0 fully saturated rings. The number of esters is 1. The second kappa shape index (κ2) is 8.09. The number of nitrogens with zero attached hydrogens (tertiary/aromatic N) is 2. The molecule has 3 rings (SSSR count). The van der Waals surface area contributed by atoms with E-state index in [4.69, 9.17) is 20.8 Å². The van der Waals surface area contributed by atoms with Crippen molar-refractivity contribution in [2.45, 2.75) is 13.5 Å². The van der Waals surface area contributed by atoms with Crippen molar-refractivity contribution in [1.82, 2.24) is 15.1 Å². The van der Waals surface area contributed by atoms with Gasteiger partial charge in [-0.15, -0.1) is 0 Å². The summed E-state index contributed by atoms with van der Waals surface area (Å²) in [5.74, 6) is 0.255. The lowest BCUT2D eigenvalue weighted by Gasteiger charge is -2.05. The van der Waals surface area contributed by atoms with Gasteiger partial charge in [0, 0.05) is 23.3 Å². The molecule has 0 bridgehead atoms. The zero-order valence-electron chi connectivity index (χ0n) is 14.9. The Balaban J connectivity index is 1.49. The Morgan fingerprint density at radius 2 is 1.96 bits per heavy atom. The Morgan fingerprint density at radius 3 is 2.63 bits per heavy atom. The molecule has 0 saturated heterocycles. The highest BCUT2D eigenvalue weighted by Crippen LogP contribution is 2.23. The Labute approximate surface area is 160 Å². The molecule has 1 N–H and O–H groups in total. The van der Waals surface area contributed by atoms with Crippen molar-refractivity contribution in [3.05, 3.63) is 64.6 Å². The number of amides is 1. The molecule has 0 aliphatic rings. The van der Waals surface area contributed by atoms with Crippen molar-refractivity contribution in [3.8, 4) is 11.3 Å². The number of benzene rings is 1. The summed E-state index contributed by atoms with van der Waals surface area (Å²) >= 11 is 5.87. The van der Waals surface area contributed by atoms with Gasteiger partial charge in [-0.3, -0.25) is 9.48 Å². The van der Waals surface area contributed by atoms with E-state index in [1.54, 1.807) is 36.9 Å². The zero-order chi connectivity index (χ0) is 19.4. The lowest BCUT2D eigenvalue weighted by Crippen LogP contribution is -2.28. The second-order valence-electron chi connectivity index (χ2n) is 5.89. The smallest absolute Gasteiger partial charge is 0.342 e. The van der Waals surface area contributed by atoms with Gasteiger partial charge in [-0.05, 0) is 43.3 Å². The molecule has 0 radical (unpaired) electrons. The van der Waals surface area contributed by atoms with E-state index in [-0.39, 0.29) is 13.2 Å². The number of furan rings is 1. The van der Waals surface area contributed by atoms with Gasteiger partial charge in [0.1, 0.15) is 17.1 Å². The van der Waals surface area contributed by atoms with Gasteiger partial charge >= 0.3 is 5.97 Å². The van der Waals surface area contributed by atoms with E-state index in [1.165, 1.54) is 6.20 Å². The number of halogens is 1. The number of carbonyl (C=O) groups is 2. The van der Waals surface area contributed by atoms with Crippen molar-refractivity contribution in [2.24, 2.45) is 7.05 Å². The fourth-order valence-corrected chi connectivity index (χ4v) is 2.51. The zero-order valence-corrected chi connectivity index (χ0v) is 15.6. The van der Waals surface area contributed by atoms with Crippen LogP contribution in [0.15, 0.2) is 47.0 Å². The summed E-state index contributed by atoms with van der Waals surface area (Å²) in [6, 6.07) is 10.8. The summed E-state index contributed by atoms with van der Waals surface area (Å²) in [7, 11) is 1.72. The van der Waals surface area contributed by atoms with Gasteiger partial charge in [0.15, 0.2) is 6.61 Å². The number of nitrogens with one attached hydrogen (secondary N) is 1. The number of aryl methyl sites for hydroxylation is 1. The van der Waals surface area contributed by atoms with Gasteiger partial charge in [0.2, 0.25) is 0 Å². The summed E-state index contributed by atoms with van der Waals surface area (Å²) in [5, 5.41) is 7.26. The number of rotatable bonds is 6. The van der Waals surface area contributed by atoms with Crippen LogP contribution in [-0.4, -0.2) is 28.3 Å². The molecule has 0 unspecified atom stereocenters. The van der Waals surface area contributed by atoms with Gasteiger partial charge < -0.3 is 14.5 Å². The predicted octanol–water partition coefficient (Wildman–Crippen LogP) is 3.12. The topological polar surface area (TPSA) is 86.4 Å². The van der Waals surface area contributed by atoms with Crippen molar-refractivity contribution in [1.29, 1.82) is 0 Å². The first-order valence-corrected chi connectivity index (χ1v) is 8.59. The number of ether oxygens (including phenoxy) is 1. The van der Waals surface area contributed by atoms with Crippen LogP contribution in [0.4, 0.5) is 0 Å². The van der Waals surface area contributed by atoms with Crippen LogP contribution in [-0.2, 0) is 23.1 Å². The average molecular weight is 388 g/mol. The summed E-state index contributed by atoms with van der Waals surface area (Å²) in [5.41, 5.74) is 1.90. The second-order valence-corrected chi connectivity index (χ2v) is 6.33. The Kier molecular flexibility index (Phi) is 5.61. The molecule has 140 valence electrons. The number of hydrogen-bond donors (Lipinski definition) is 1. The molecular weight excluding hydrogens is 370 g/mol. The highest BCUT2D eigenvalue weighted by atomic mass is 35.5. The van der Waals surface area contributed by atoms with Gasteiger partial charge in [-0.1, -0.05) is 11.6 Å². The van der Waals surface area contributed by atoms with Crippen molar-refractivity contribution < 1.29 is 18.7 Å². The third kappa shape index (κ3) is 4.57. The van der Waals surface area contributed by atoms with Crippen molar-refractivity contribution in [2.75, 3.05) is 6.61 Å². The van der Waals surface area contributed by atoms with Crippen LogP contribution in [0.25, 0.3) is 11.3 Å². The monoisotopic (exact) mass is 387 g/mol. The van der Waals surface area contributed by atoms with E-state index in [2.05, 4.69) is 10.4 Å². The van der Waals surface area contributed by atoms with E-state index in [1.807, 2.05) is 18.2 Å². The van der Waals surface area contributed by atoms with Gasteiger partial charge in [-0.25, -0.2) is 4.79 Å². The fourth-order valence-electron chi connectivity index (χ4n) is 2.39. The minimum atomic E-state index is -0.584. The molecule has 0 aliphatic carbocycles. The third-order valence-corrected chi connectivity index (χ3v) is 4.29. The largest absolute Gasteiger partial charge is 0.459 e. The molecule has 2 heterocycles. The SMILES string of the molecule is Cc1c(C(=O)OCC(=O)NCc2ccc(-c3ccc(Cl)cc3)o2)cnn1C. The molecule has 0 saturated carbocycles. The number of carbonyl (C=O) groups excluding carboxylic acids is 2. The molecule has 3 aromatic rings. The molecule has 0 spiro atoms. The maximum Gasteiger partial charge on any atom is 0.342 e.